The summed E-state index contributed by atoms with van der Waals surface area (Å²) in [7, 11) is 0. The summed E-state index contributed by atoms with van der Waals surface area (Å²) in [5.41, 5.74) is 2.37. The topological polar surface area (TPSA) is 127 Å². The van der Waals surface area contributed by atoms with Gasteiger partial charge in [0, 0.05) is 11.5 Å². The van der Waals surface area contributed by atoms with Crippen LogP contribution in [-0.4, -0.2) is 26.6 Å². The minimum atomic E-state index is -4.98. The number of nitrogens with two attached hydrogens (primary N) is 1. The van der Waals surface area contributed by atoms with Gasteiger partial charge in [0.1, 0.15) is 17.3 Å². The van der Waals surface area contributed by atoms with Gasteiger partial charge in [0.25, 0.3) is 11.8 Å². The van der Waals surface area contributed by atoms with Gasteiger partial charge in [-0.05, 0) is 42.8 Å². The Morgan fingerprint density at radius 1 is 1.11 bits per heavy atom. The van der Waals surface area contributed by atoms with Gasteiger partial charge in [-0.3, -0.25) is 14.3 Å². The molecule has 2 heterocycles. The number of carbonyl (C=O) groups is 2. The van der Waals surface area contributed by atoms with Gasteiger partial charge in [0.2, 0.25) is 0 Å². The van der Waals surface area contributed by atoms with E-state index < -0.39 is 46.7 Å². The largest absolute Gasteiger partial charge is 0.437 e. The van der Waals surface area contributed by atoms with E-state index in [9.17, 15) is 36.8 Å². The maximum absolute atomic E-state index is 13.9. The lowest BCUT2D eigenvalue weighted by Gasteiger charge is -2.12. The molecule has 0 saturated heterocycles. The molecule has 188 valence electrons. The van der Waals surface area contributed by atoms with Crippen LogP contribution in [0.2, 0.25) is 0 Å². The minimum Gasteiger partial charge on any atom is -0.364 e. The van der Waals surface area contributed by atoms with Crippen molar-refractivity contribution in [3.63, 3.8) is 0 Å². The monoisotopic (exact) mass is 514 g/mol. The van der Waals surface area contributed by atoms with E-state index in [0.717, 1.165) is 35.0 Å². The molecule has 0 spiro atoms. The lowest BCUT2D eigenvalue weighted by atomic mass is 10.1. The molecule has 2 amide bonds. The number of primary amides is 1. The standard InChI is InChI=1S/C24H15F5N6O2/c1-11-20(21(24(27,28)29)34-35(11)10-12-2-3-14(25)6-13(12)9-30)33-23(37)17-8-19(22(31)36)32-18-7-15(26)4-5-16(17)18/h2-8H,10H2,1H3,(H2,31,36)(H,33,37). The highest BCUT2D eigenvalue weighted by Gasteiger charge is 2.39. The van der Waals surface area contributed by atoms with Crippen LogP contribution in [0.5, 0.6) is 0 Å². The summed E-state index contributed by atoms with van der Waals surface area (Å²) in [6.07, 6.45) is -4.98. The summed E-state index contributed by atoms with van der Waals surface area (Å²) in [6, 6.07) is 9.15. The Morgan fingerprint density at radius 3 is 2.43 bits per heavy atom. The van der Waals surface area contributed by atoms with Crippen molar-refractivity contribution >= 4 is 28.4 Å². The average molecular weight is 514 g/mol. The summed E-state index contributed by atoms with van der Waals surface area (Å²) in [6.45, 7) is 0.944. The summed E-state index contributed by atoms with van der Waals surface area (Å²) >= 11 is 0. The van der Waals surface area contributed by atoms with Crippen molar-refractivity contribution < 1.29 is 31.5 Å². The van der Waals surface area contributed by atoms with Crippen LogP contribution in [0.25, 0.3) is 10.9 Å². The molecule has 0 fully saturated rings. The van der Waals surface area contributed by atoms with Crippen LogP contribution in [-0.2, 0) is 12.7 Å². The molecule has 0 aliphatic carbocycles. The highest BCUT2D eigenvalue weighted by Crippen LogP contribution is 2.36. The number of carbonyl (C=O) groups excluding carboxylic acids is 2. The second-order valence-electron chi connectivity index (χ2n) is 7.91. The molecule has 0 unspecified atom stereocenters. The van der Waals surface area contributed by atoms with Crippen LogP contribution in [0, 0.1) is 29.9 Å². The molecule has 0 bridgehead atoms. The number of fused-ring (bicyclic) bond motifs is 1. The molecule has 8 nitrogen and oxygen atoms in total. The Bertz CT molecular complexity index is 1620. The molecular weight excluding hydrogens is 499 g/mol. The third-order valence-corrected chi connectivity index (χ3v) is 5.49. The molecule has 37 heavy (non-hydrogen) atoms. The predicted octanol–water partition coefficient (Wildman–Crippen LogP) is 4.31. The zero-order chi connectivity index (χ0) is 27.1. The van der Waals surface area contributed by atoms with Gasteiger partial charge in [0.05, 0.1) is 40.6 Å². The van der Waals surface area contributed by atoms with Crippen LogP contribution >= 0.6 is 0 Å². The molecule has 0 aliphatic heterocycles. The first-order valence-electron chi connectivity index (χ1n) is 10.4. The predicted molar refractivity (Wildman–Crippen MR) is 120 cm³/mol. The number of alkyl halides is 3. The number of amides is 2. The molecule has 0 radical (unpaired) electrons. The van der Waals surface area contributed by atoms with Crippen molar-refractivity contribution in [2.45, 2.75) is 19.6 Å². The Hall–Kier alpha value is -4.86. The number of aromatic nitrogens is 3. The molecule has 0 aliphatic rings. The van der Waals surface area contributed by atoms with Crippen molar-refractivity contribution in [2.24, 2.45) is 5.73 Å². The maximum atomic E-state index is 13.9. The van der Waals surface area contributed by atoms with Crippen molar-refractivity contribution in [3.8, 4) is 6.07 Å². The van der Waals surface area contributed by atoms with Gasteiger partial charge in [0.15, 0.2) is 5.69 Å². The molecule has 4 rings (SSSR count). The third-order valence-electron chi connectivity index (χ3n) is 5.49. The van der Waals surface area contributed by atoms with Crippen LogP contribution < -0.4 is 11.1 Å². The normalized spacial score (nSPS) is 11.4. The number of rotatable bonds is 5. The second kappa shape index (κ2) is 9.30. The zero-order valence-electron chi connectivity index (χ0n) is 18.8. The van der Waals surface area contributed by atoms with Crippen molar-refractivity contribution in [2.75, 3.05) is 5.32 Å². The highest BCUT2D eigenvalue weighted by atomic mass is 19.4. The SMILES string of the molecule is Cc1c(NC(=O)c2cc(C(N)=O)nc3cc(F)ccc23)c(C(F)(F)F)nn1Cc1ccc(F)cc1C#N. The smallest absolute Gasteiger partial charge is 0.364 e. The van der Waals surface area contributed by atoms with E-state index in [-0.39, 0.29) is 39.8 Å². The second-order valence-corrected chi connectivity index (χ2v) is 7.91. The van der Waals surface area contributed by atoms with Crippen molar-refractivity contribution in [1.82, 2.24) is 14.8 Å². The zero-order valence-corrected chi connectivity index (χ0v) is 18.8. The molecule has 13 heteroatoms. The Kier molecular flexibility index (Phi) is 6.35. The minimum absolute atomic E-state index is 0.0625. The average Bonchev–Trinajstić information content (AvgIpc) is 3.14. The first kappa shape index (κ1) is 25.2. The van der Waals surface area contributed by atoms with Crippen molar-refractivity contribution in [1.29, 1.82) is 5.26 Å². The fraction of sp³-hybridized carbons (Fsp3) is 0.125. The van der Waals surface area contributed by atoms with E-state index in [0.29, 0.717) is 0 Å². The maximum Gasteiger partial charge on any atom is 0.437 e. The first-order chi connectivity index (χ1) is 17.4. The number of nitrogens with one attached hydrogen (secondary N) is 1. The fourth-order valence-electron chi connectivity index (χ4n) is 3.70. The number of hydrogen-bond donors (Lipinski definition) is 2. The molecule has 2 aromatic heterocycles. The molecular formula is C24H15F5N6O2. The molecule has 0 saturated carbocycles. The fourth-order valence-corrected chi connectivity index (χ4v) is 3.70. The van der Waals surface area contributed by atoms with Crippen LogP contribution in [0.1, 0.15) is 43.4 Å². The number of nitrogens with zero attached hydrogens (tertiary/aromatic N) is 4. The number of halogens is 5. The first-order valence-corrected chi connectivity index (χ1v) is 10.4. The number of anilines is 1. The van der Waals surface area contributed by atoms with Crippen LogP contribution in [0.4, 0.5) is 27.6 Å². The van der Waals surface area contributed by atoms with E-state index >= 15 is 0 Å². The lowest BCUT2D eigenvalue weighted by molar-refractivity contribution is -0.140. The molecule has 4 aromatic rings. The van der Waals surface area contributed by atoms with E-state index in [4.69, 9.17) is 5.73 Å². The van der Waals surface area contributed by atoms with Gasteiger partial charge >= 0.3 is 6.18 Å². The highest BCUT2D eigenvalue weighted by molar-refractivity contribution is 6.14. The van der Waals surface area contributed by atoms with Crippen LogP contribution in [0.15, 0.2) is 42.5 Å². The van der Waals surface area contributed by atoms with E-state index in [2.05, 4.69) is 15.4 Å². The Balaban J connectivity index is 1.80. The van der Waals surface area contributed by atoms with Crippen LogP contribution in [0.3, 0.4) is 0 Å². The quantitative estimate of drug-likeness (QED) is 0.384. The van der Waals surface area contributed by atoms with Gasteiger partial charge in [-0.2, -0.15) is 23.5 Å². The van der Waals surface area contributed by atoms with Gasteiger partial charge < -0.3 is 11.1 Å². The number of pyridine rings is 1. The van der Waals surface area contributed by atoms with E-state index in [1.807, 2.05) is 0 Å². The Labute approximate surface area is 205 Å². The molecule has 3 N–H and O–H groups in total. The van der Waals surface area contributed by atoms with E-state index in [1.54, 1.807) is 6.07 Å². The summed E-state index contributed by atoms with van der Waals surface area (Å²) < 4.78 is 69.7. The van der Waals surface area contributed by atoms with Gasteiger partial charge in [-0.1, -0.05) is 6.07 Å². The Morgan fingerprint density at radius 2 is 1.78 bits per heavy atom. The number of benzene rings is 2. The third kappa shape index (κ3) is 4.94. The summed E-state index contributed by atoms with van der Waals surface area (Å²) in [5.74, 6) is -3.51. The van der Waals surface area contributed by atoms with Gasteiger partial charge in [-0.15, -0.1) is 0 Å². The lowest BCUT2D eigenvalue weighted by Crippen LogP contribution is -2.19. The number of hydrogen-bond acceptors (Lipinski definition) is 5. The summed E-state index contributed by atoms with van der Waals surface area (Å²) in [5, 5.41) is 15.1. The van der Waals surface area contributed by atoms with Crippen molar-refractivity contribution in [3.05, 3.63) is 87.9 Å². The van der Waals surface area contributed by atoms with E-state index in [1.165, 1.54) is 19.1 Å². The molecule has 2 aromatic carbocycles. The molecule has 0 atom stereocenters. The summed E-state index contributed by atoms with van der Waals surface area (Å²) in [4.78, 5) is 28.7. The van der Waals surface area contributed by atoms with Gasteiger partial charge in [-0.25, -0.2) is 13.8 Å². The number of nitriles is 1.